The highest BCUT2D eigenvalue weighted by atomic mass is 19.4. The van der Waals surface area contributed by atoms with Gasteiger partial charge in [0, 0.05) is 36.0 Å². The number of halogens is 4. The van der Waals surface area contributed by atoms with Crippen LogP contribution in [-0.4, -0.2) is 28.7 Å². The topological polar surface area (TPSA) is 78.1 Å². The molecule has 0 saturated carbocycles. The molecule has 0 atom stereocenters. The van der Waals surface area contributed by atoms with Crippen molar-refractivity contribution in [2.45, 2.75) is 26.6 Å². The quantitative estimate of drug-likeness (QED) is 0.548. The SMILES string of the molecule is CC(C)(CO)CNC(=O)c1cc2cc(C#N)ccc2n1Cc1cc(F)cc(C(F)(F)F)c1. The zero-order valence-electron chi connectivity index (χ0n) is 17.4. The first kappa shape index (κ1) is 23.3. The van der Waals surface area contributed by atoms with E-state index in [2.05, 4.69) is 5.32 Å². The van der Waals surface area contributed by atoms with Crippen molar-refractivity contribution < 1.29 is 27.5 Å². The van der Waals surface area contributed by atoms with E-state index >= 15 is 0 Å². The van der Waals surface area contributed by atoms with Crippen molar-refractivity contribution in [1.29, 1.82) is 5.26 Å². The summed E-state index contributed by atoms with van der Waals surface area (Å²) in [6, 6.07) is 10.5. The summed E-state index contributed by atoms with van der Waals surface area (Å²) < 4.78 is 54.8. The highest BCUT2D eigenvalue weighted by Crippen LogP contribution is 2.31. The van der Waals surface area contributed by atoms with E-state index in [1.807, 2.05) is 6.07 Å². The number of aromatic nitrogens is 1. The van der Waals surface area contributed by atoms with Gasteiger partial charge in [-0.05, 0) is 48.0 Å². The molecule has 0 unspecified atom stereocenters. The van der Waals surface area contributed by atoms with Gasteiger partial charge in [-0.2, -0.15) is 18.4 Å². The lowest BCUT2D eigenvalue weighted by Crippen LogP contribution is -2.36. The van der Waals surface area contributed by atoms with Gasteiger partial charge in [-0.15, -0.1) is 0 Å². The minimum atomic E-state index is -4.71. The first-order valence-corrected chi connectivity index (χ1v) is 9.72. The Morgan fingerprint density at radius 1 is 1.16 bits per heavy atom. The molecule has 2 aromatic carbocycles. The number of hydrogen-bond donors (Lipinski definition) is 2. The predicted molar refractivity (Wildman–Crippen MR) is 110 cm³/mol. The van der Waals surface area contributed by atoms with Gasteiger partial charge >= 0.3 is 6.18 Å². The van der Waals surface area contributed by atoms with Gasteiger partial charge in [-0.3, -0.25) is 4.79 Å². The van der Waals surface area contributed by atoms with Crippen LogP contribution in [0, 0.1) is 22.6 Å². The van der Waals surface area contributed by atoms with Crippen LogP contribution in [0.1, 0.15) is 41.0 Å². The molecule has 3 rings (SSSR count). The third-order valence-electron chi connectivity index (χ3n) is 5.04. The molecule has 0 radical (unpaired) electrons. The zero-order chi connectivity index (χ0) is 23.7. The largest absolute Gasteiger partial charge is 0.416 e. The summed E-state index contributed by atoms with van der Waals surface area (Å²) >= 11 is 0. The fourth-order valence-electron chi connectivity index (χ4n) is 3.25. The molecule has 0 aliphatic rings. The number of amides is 1. The molecule has 32 heavy (non-hydrogen) atoms. The second kappa shape index (κ2) is 8.63. The molecule has 0 fully saturated rings. The van der Waals surface area contributed by atoms with Gasteiger partial charge in [0.1, 0.15) is 11.5 Å². The molecule has 0 bridgehead atoms. The van der Waals surface area contributed by atoms with E-state index in [0.29, 0.717) is 22.5 Å². The van der Waals surface area contributed by atoms with Crippen LogP contribution in [0.15, 0.2) is 42.5 Å². The first-order chi connectivity index (χ1) is 14.9. The average Bonchev–Trinajstić information content (AvgIpc) is 3.08. The lowest BCUT2D eigenvalue weighted by atomic mass is 9.95. The van der Waals surface area contributed by atoms with Gasteiger partial charge < -0.3 is 15.0 Å². The third kappa shape index (κ3) is 5.08. The van der Waals surface area contributed by atoms with Crippen LogP contribution >= 0.6 is 0 Å². The molecular formula is C23H21F4N3O2. The van der Waals surface area contributed by atoms with Crippen molar-refractivity contribution in [3.05, 3.63) is 70.7 Å². The van der Waals surface area contributed by atoms with E-state index in [0.717, 1.165) is 12.1 Å². The fourth-order valence-corrected chi connectivity index (χ4v) is 3.25. The number of nitrogens with one attached hydrogen (secondary N) is 1. The van der Waals surface area contributed by atoms with Crippen molar-refractivity contribution in [2.24, 2.45) is 5.41 Å². The van der Waals surface area contributed by atoms with Crippen molar-refractivity contribution >= 4 is 16.8 Å². The number of carbonyl (C=O) groups is 1. The number of nitriles is 1. The Morgan fingerprint density at radius 3 is 2.50 bits per heavy atom. The van der Waals surface area contributed by atoms with Crippen molar-refractivity contribution in [3.63, 3.8) is 0 Å². The van der Waals surface area contributed by atoms with E-state index in [-0.39, 0.29) is 31.0 Å². The minimum Gasteiger partial charge on any atom is -0.396 e. The van der Waals surface area contributed by atoms with Crippen molar-refractivity contribution in [1.82, 2.24) is 9.88 Å². The Bertz CT molecular complexity index is 1210. The third-order valence-corrected chi connectivity index (χ3v) is 5.04. The Balaban J connectivity index is 2.07. The van der Waals surface area contributed by atoms with Gasteiger partial charge in [-0.1, -0.05) is 13.8 Å². The van der Waals surface area contributed by atoms with Crippen LogP contribution in [0.4, 0.5) is 17.6 Å². The van der Waals surface area contributed by atoms with Gasteiger partial charge in [0.25, 0.3) is 5.91 Å². The first-order valence-electron chi connectivity index (χ1n) is 9.72. The van der Waals surface area contributed by atoms with E-state index in [1.54, 1.807) is 26.0 Å². The van der Waals surface area contributed by atoms with Gasteiger partial charge in [0.15, 0.2) is 0 Å². The zero-order valence-corrected chi connectivity index (χ0v) is 17.4. The molecule has 0 aliphatic heterocycles. The lowest BCUT2D eigenvalue weighted by molar-refractivity contribution is -0.137. The summed E-state index contributed by atoms with van der Waals surface area (Å²) in [6.45, 7) is 3.32. The summed E-state index contributed by atoms with van der Waals surface area (Å²) in [7, 11) is 0. The maximum atomic E-state index is 13.9. The molecule has 3 aromatic rings. The molecule has 1 aromatic heterocycles. The molecule has 9 heteroatoms. The van der Waals surface area contributed by atoms with E-state index in [4.69, 9.17) is 5.26 Å². The summed E-state index contributed by atoms with van der Waals surface area (Å²) in [6.07, 6.45) is -4.71. The Hall–Kier alpha value is -3.38. The van der Waals surface area contributed by atoms with E-state index < -0.39 is 28.9 Å². The number of benzene rings is 2. The summed E-state index contributed by atoms with van der Waals surface area (Å²) in [5.41, 5.74) is -0.663. The van der Waals surface area contributed by atoms with Crippen LogP contribution in [0.5, 0.6) is 0 Å². The second-order valence-corrected chi connectivity index (χ2v) is 8.35. The molecular weight excluding hydrogens is 426 g/mol. The maximum Gasteiger partial charge on any atom is 0.416 e. The maximum absolute atomic E-state index is 13.9. The van der Waals surface area contributed by atoms with Gasteiger partial charge in [-0.25, -0.2) is 4.39 Å². The number of aliphatic hydroxyl groups excluding tert-OH is 1. The van der Waals surface area contributed by atoms with Gasteiger partial charge in [0.05, 0.1) is 17.2 Å². The van der Waals surface area contributed by atoms with Crippen LogP contribution in [-0.2, 0) is 12.7 Å². The standard InChI is InChI=1S/C23H21F4N3O2/c1-22(2,13-31)12-29-21(32)20-8-16-5-14(10-28)3-4-19(16)30(20)11-15-6-17(23(25,26)27)9-18(24)7-15/h3-9,31H,11-13H2,1-2H3,(H,29,32). The van der Waals surface area contributed by atoms with Crippen LogP contribution < -0.4 is 5.32 Å². The molecule has 0 spiro atoms. The summed E-state index contributed by atoms with van der Waals surface area (Å²) in [4.78, 5) is 12.9. The average molecular weight is 447 g/mol. The highest BCUT2D eigenvalue weighted by molar-refractivity contribution is 5.99. The number of nitrogens with zero attached hydrogens (tertiary/aromatic N) is 2. The molecule has 5 nitrogen and oxygen atoms in total. The smallest absolute Gasteiger partial charge is 0.396 e. The number of carbonyl (C=O) groups excluding carboxylic acids is 1. The van der Waals surface area contributed by atoms with Crippen LogP contribution in [0.25, 0.3) is 10.9 Å². The predicted octanol–water partition coefficient (Wildman–Crippen LogP) is 4.47. The normalized spacial score (nSPS) is 12.1. The number of aliphatic hydroxyl groups is 1. The second-order valence-electron chi connectivity index (χ2n) is 8.35. The van der Waals surface area contributed by atoms with E-state index in [9.17, 15) is 27.5 Å². The minimum absolute atomic E-state index is 0.0314. The number of rotatable bonds is 6. The molecule has 0 saturated heterocycles. The Labute approximate surface area is 181 Å². The lowest BCUT2D eigenvalue weighted by Gasteiger charge is -2.22. The number of fused-ring (bicyclic) bond motifs is 1. The Morgan fingerprint density at radius 2 is 1.88 bits per heavy atom. The molecule has 0 aliphatic carbocycles. The van der Waals surface area contributed by atoms with E-state index in [1.165, 1.54) is 16.7 Å². The van der Waals surface area contributed by atoms with Crippen molar-refractivity contribution in [3.8, 4) is 6.07 Å². The Kier molecular flexibility index (Phi) is 6.28. The number of hydrogen-bond acceptors (Lipinski definition) is 3. The highest BCUT2D eigenvalue weighted by Gasteiger charge is 2.31. The summed E-state index contributed by atoms with van der Waals surface area (Å²) in [5, 5.41) is 21.8. The van der Waals surface area contributed by atoms with Crippen molar-refractivity contribution in [2.75, 3.05) is 13.2 Å². The van der Waals surface area contributed by atoms with Gasteiger partial charge in [0.2, 0.25) is 0 Å². The fraction of sp³-hybridized carbons (Fsp3) is 0.304. The molecule has 2 N–H and O–H groups in total. The summed E-state index contributed by atoms with van der Waals surface area (Å²) in [5.74, 6) is -1.54. The van der Waals surface area contributed by atoms with Crippen LogP contribution in [0.2, 0.25) is 0 Å². The van der Waals surface area contributed by atoms with Crippen LogP contribution in [0.3, 0.4) is 0 Å². The monoisotopic (exact) mass is 447 g/mol. The molecule has 1 heterocycles. The molecule has 1 amide bonds. The number of alkyl halides is 3. The molecule has 168 valence electrons.